The molecule has 18 heavy (non-hydrogen) atoms. The van der Waals surface area contributed by atoms with Gasteiger partial charge in [0.25, 0.3) is 0 Å². The summed E-state index contributed by atoms with van der Waals surface area (Å²) < 4.78 is 10.9. The Morgan fingerprint density at radius 3 is 2.56 bits per heavy atom. The van der Waals surface area contributed by atoms with Gasteiger partial charge in [-0.15, -0.1) is 0 Å². The Morgan fingerprint density at radius 2 is 2.00 bits per heavy atom. The summed E-state index contributed by atoms with van der Waals surface area (Å²) in [5.74, 6) is 1.44. The second kappa shape index (κ2) is 7.49. The van der Waals surface area contributed by atoms with Crippen molar-refractivity contribution in [3.05, 3.63) is 22.7 Å². The van der Waals surface area contributed by atoms with Crippen LogP contribution in [0.25, 0.3) is 0 Å². The summed E-state index contributed by atoms with van der Waals surface area (Å²) in [7, 11) is 1.64. The maximum atomic E-state index is 6.25. The average molecular weight is 272 g/mol. The SMILES string of the molecule is CCCOc1cc(Cl)c(CNC(C)C)cc1OC. The predicted octanol–water partition coefficient (Wildman–Crippen LogP) is 3.64. The van der Waals surface area contributed by atoms with Crippen LogP contribution in [0.2, 0.25) is 5.02 Å². The van der Waals surface area contributed by atoms with Gasteiger partial charge in [-0.25, -0.2) is 0 Å². The largest absolute Gasteiger partial charge is 0.493 e. The zero-order valence-electron chi connectivity index (χ0n) is 11.5. The summed E-state index contributed by atoms with van der Waals surface area (Å²) in [4.78, 5) is 0. The van der Waals surface area contributed by atoms with E-state index in [2.05, 4.69) is 26.1 Å². The van der Waals surface area contributed by atoms with Crippen LogP contribution in [0, 0.1) is 0 Å². The van der Waals surface area contributed by atoms with E-state index < -0.39 is 0 Å². The Hall–Kier alpha value is -0.930. The van der Waals surface area contributed by atoms with Gasteiger partial charge >= 0.3 is 0 Å². The van der Waals surface area contributed by atoms with E-state index in [9.17, 15) is 0 Å². The summed E-state index contributed by atoms with van der Waals surface area (Å²) in [6.45, 7) is 7.65. The minimum atomic E-state index is 0.420. The number of hydrogen-bond acceptors (Lipinski definition) is 3. The third-order valence-electron chi connectivity index (χ3n) is 2.50. The molecular weight excluding hydrogens is 250 g/mol. The first-order chi connectivity index (χ1) is 8.58. The summed E-state index contributed by atoms with van der Waals surface area (Å²) in [6, 6.07) is 4.18. The van der Waals surface area contributed by atoms with Gasteiger partial charge in [-0.05, 0) is 18.1 Å². The van der Waals surface area contributed by atoms with Crippen molar-refractivity contribution in [3.63, 3.8) is 0 Å². The molecule has 0 bridgehead atoms. The van der Waals surface area contributed by atoms with E-state index in [0.717, 1.165) is 24.3 Å². The topological polar surface area (TPSA) is 30.5 Å². The number of rotatable bonds is 7. The molecule has 1 rings (SSSR count). The molecule has 0 unspecified atom stereocenters. The maximum Gasteiger partial charge on any atom is 0.162 e. The van der Waals surface area contributed by atoms with Crippen molar-refractivity contribution in [1.82, 2.24) is 5.32 Å². The minimum Gasteiger partial charge on any atom is -0.493 e. The van der Waals surface area contributed by atoms with E-state index in [1.54, 1.807) is 7.11 Å². The smallest absolute Gasteiger partial charge is 0.162 e. The van der Waals surface area contributed by atoms with Crippen LogP contribution in [0.1, 0.15) is 32.8 Å². The van der Waals surface area contributed by atoms with Crippen molar-refractivity contribution < 1.29 is 9.47 Å². The van der Waals surface area contributed by atoms with E-state index in [1.807, 2.05) is 12.1 Å². The van der Waals surface area contributed by atoms with Crippen molar-refractivity contribution in [2.24, 2.45) is 0 Å². The highest BCUT2D eigenvalue weighted by molar-refractivity contribution is 6.31. The van der Waals surface area contributed by atoms with Crippen molar-refractivity contribution in [1.29, 1.82) is 0 Å². The number of methoxy groups -OCH3 is 1. The summed E-state index contributed by atoms with van der Waals surface area (Å²) in [5.41, 5.74) is 1.02. The van der Waals surface area contributed by atoms with Crippen LogP contribution in [-0.4, -0.2) is 19.8 Å². The molecule has 1 N–H and O–H groups in total. The molecule has 0 aromatic heterocycles. The van der Waals surface area contributed by atoms with Gasteiger partial charge in [-0.2, -0.15) is 0 Å². The highest BCUT2D eigenvalue weighted by Crippen LogP contribution is 2.33. The van der Waals surface area contributed by atoms with Gasteiger partial charge in [0.1, 0.15) is 0 Å². The van der Waals surface area contributed by atoms with Gasteiger partial charge in [0, 0.05) is 23.7 Å². The fourth-order valence-corrected chi connectivity index (χ4v) is 1.73. The molecular formula is C14H22ClNO2. The van der Waals surface area contributed by atoms with Crippen LogP contribution in [0.3, 0.4) is 0 Å². The normalized spacial score (nSPS) is 10.8. The Morgan fingerprint density at radius 1 is 1.28 bits per heavy atom. The summed E-state index contributed by atoms with van der Waals surface area (Å²) >= 11 is 6.25. The van der Waals surface area contributed by atoms with E-state index in [1.165, 1.54) is 0 Å². The van der Waals surface area contributed by atoms with Crippen molar-refractivity contribution in [2.75, 3.05) is 13.7 Å². The zero-order valence-corrected chi connectivity index (χ0v) is 12.3. The molecule has 0 fully saturated rings. The van der Waals surface area contributed by atoms with E-state index in [0.29, 0.717) is 23.4 Å². The molecule has 1 aromatic rings. The third kappa shape index (κ3) is 4.39. The van der Waals surface area contributed by atoms with E-state index in [4.69, 9.17) is 21.1 Å². The van der Waals surface area contributed by atoms with Crippen LogP contribution in [0.15, 0.2) is 12.1 Å². The highest BCUT2D eigenvalue weighted by Gasteiger charge is 2.10. The molecule has 0 radical (unpaired) electrons. The highest BCUT2D eigenvalue weighted by atomic mass is 35.5. The van der Waals surface area contributed by atoms with Crippen LogP contribution in [-0.2, 0) is 6.54 Å². The van der Waals surface area contributed by atoms with Crippen LogP contribution in [0.5, 0.6) is 11.5 Å². The number of benzene rings is 1. The molecule has 0 amide bonds. The van der Waals surface area contributed by atoms with Crippen LogP contribution < -0.4 is 14.8 Å². The van der Waals surface area contributed by atoms with Gasteiger partial charge in [0.15, 0.2) is 11.5 Å². The van der Waals surface area contributed by atoms with Gasteiger partial charge in [0.2, 0.25) is 0 Å². The molecule has 0 saturated carbocycles. The van der Waals surface area contributed by atoms with E-state index in [-0.39, 0.29) is 0 Å². The molecule has 0 spiro atoms. The molecule has 0 aliphatic heterocycles. The lowest BCUT2D eigenvalue weighted by molar-refractivity contribution is 0.294. The van der Waals surface area contributed by atoms with Gasteiger partial charge in [0.05, 0.1) is 13.7 Å². The Kier molecular flexibility index (Phi) is 6.30. The lowest BCUT2D eigenvalue weighted by Crippen LogP contribution is -2.22. The van der Waals surface area contributed by atoms with Gasteiger partial charge in [-0.3, -0.25) is 0 Å². The van der Waals surface area contributed by atoms with Gasteiger partial charge < -0.3 is 14.8 Å². The fourth-order valence-electron chi connectivity index (χ4n) is 1.51. The van der Waals surface area contributed by atoms with Crippen molar-refractivity contribution >= 4 is 11.6 Å². The molecule has 4 heteroatoms. The fraction of sp³-hybridized carbons (Fsp3) is 0.571. The molecule has 0 saturated heterocycles. The molecule has 0 aliphatic carbocycles. The van der Waals surface area contributed by atoms with E-state index >= 15 is 0 Å². The molecule has 0 heterocycles. The zero-order chi connectivity index (χ0) is 13.5. The molecule has 3 nitrogen and oxygen atoms in total. The third-order valence-corrected chi connectivity index (χ3v) is 2.85. The Balaban J connectivity index is 2.87. The first kappa shape index (κ1) is 15.1. The van der Waals surface area contributed by atoms with Crippen molar-refractivity contribution in [3.8, 4) is 11.5 Å². The quantitative estimate of drug-likeness (QED) is 0.821. The average Bonchev–Trinajstić information content (AvgIpc) is 2.34. The molecule has 0 aliphatic rings. The van der Waals surface area contributed by atoms with Gasteiger partial charge in [-0.1, -0.05) is 32.4 Å². The van der Waals surface area contributed by atoms with Crippen molar-refractivity contribution in [2.45, 2.75) is 39.8 Å². The first-order valence-corrected chi connectivity index (χ1v) is 6.68. The second-order valence-electron chi connectivity index (χ2n) is 4.48. The Bertz CT molecular complexity index is 380. The summed E-state index contributed by atoms with van der Waals surface area (Å²) in [5, 5.41) is 4.04. The minimum absolute atomic E-state index is 0.420. The van der Waals surface area contributed by atoms with Crippen LogP contribution in [0.4, 0.5) is 0 Å². The standard InChI is InChI=1S/C14H22ClNO2/c1-5-6-18-14-8-12(15)11(7-13(14)17-4)9-16-10(2)3/h7-8,10,16H,5-6,9H2,1-4H3. The van der Waals surface area contributed by atoms with Crippen LogP contribution >= 0.6 is 11.6 Å². The predicted molar refractivity (Wildman–Crippen MR) is 75.8 cm³/mol. The number of hydrogen-bond donors (Lipinski definition) is 1. The lowest BCUT2D eigenvalue weighted by atomic mass is 10.2. The maximum absolute atomic E-state index is 6.25. The number of nitrogens with one attached hydrogen (secondary N) is 1. The summed E-state index contributed by atoms with van der Waals surface area (Å²) in [6.07, 6.45) is 0.956. The number of ether oxygens (including phenoxy) is 2. The lowest BCUT2D eigenvalue weighted by Gasteiger charge is -2.14. The molecule has 0 atom stereocenters. The second-order valence-corrected chi connectivity index (χ2v) is 4.89. The number of halogens is 1. The monoisotopic (exact) mass is 271 g/mol. The molecule has 102 valence electrons. The first-order valence-electron chi connectivity index (χ1n) is 6.31. The molecule has 1 aromatic carbocycles. The Labute approximate surface area is 114 Å².